The largest absolute Gasteiger partial charge is 0.381 e. The molecule has 1 aromatic heterocycles. The highest BCUT2D eigenvalue weighted by atomic mass is 32.1. The van der Waals surface area contributed by atoms with Gasteiger partial charge in [0, 0.05) is 23.4 Å². The number of nitrogens with one attached hydrogen (secondary N) is 1. The summed E-state index contributed by atoms with van der Waals surface area (Å²) in [5.41, 5.74) is 0. The molecule has 2 rings (SSSR count). The van der Waals surface area contributed by atoms with Crippen LogP contribution >= 0.6 is 11.3 Å². The Morgan fingerprint density at radius 3 is 2.84 bits per heavy atom. The minimum Gasteiger partial charge on any atom is -0.381 e. The Morgan fingerprint density at radius 2 is 2.05 bits per heavy atom. The summed E-state index contributed by atoms with van der Waals surface area (Å²) in [5.74, 6) is 0. The monoisotopic (exact) mass is 283 g/mol. The molecule has 3 nitrogen and oxygen atoms in total. The maximum absolute atomic E-state index is 6.03. The highest BCUT2D eigenvalue weighted by Gasteiger charge is 2.22. The van der Waals surface area contributed by atoms with Crippen molar-refractivity contribution in [2.45, 2.75) is 58.0 Å². The second-order valence-electron chi connectivity index (χ2n) is 5.11. The molecular weight excluding hydrogens is 258 g/mol. The fraction of sp³-hybridized carbons (Fsp3) is 0.733. The number of hydrogen-bond acceptors (Lipinski definition) is 4. The average molecular weight is 283 g/mol. The van der Waals surface area contributed by atoms with E-state index >= 15 is 0 Å². The van der Waals surface area contributed by atoms with Gasteiger partial charge in [0.15, 0.2) is 0 Å². The highest BCUT2D eigenvalue weighted by molar-refractivity contribution is 7.11. The van der Waals surface area contributed by atoms with Crippen LogP contribution in [0.15, 0.2) is 12.1 Å². The van der Waals surface area contributed by atoms with Gasteiger partial charge in [0.25, 0.3) is 0 Å². The molecule has 1 aliphatic rings. The molecule has 0 bridgehead atoms. The van der Waals surface area contributed by atoms with E-state index in [9.17, 15) is 0 Å². The summed E-state index contributed by atoms with van der Waals surface area (Å²) in [7, 11) is 1.80. The maximum atomic E-state index is 6.03. The fourth-order valence-corrected chi connectivity index (χ4v) is 3.42. The molecule has 0 aliphatic heterocycles. The van der Waals surface area contributed by atoms with Crippen LogP contribution in [0.5, 0.6) is 0 Å². The van der Waals surface area contributed by atoms with E-state index in [1.165, 1.54) is 29.0 Å². The lowest BCUT2D eigenvalue weighted by molar-refractivity contribution is -0.0356. The van der Waals surface area contributed by atoms with Gasteiger partial charge in [-0.05, 0) is 44.4 Å². The second-order valence-corrected chi connectivity index (χ2v) is 6.36. The number of thiophene rings is 1. The Kier molecular flexibility index (Phi) is 6.31. The van der Waals surface area contributed by atoms with Crippen LogP contribution in [-0.2, 0) is 22.6 Å². The molecule has 0 radical (unpaired) electrons. The third-order valence-electron chi connectivity index (χ3n) is 3.64. The van der Waals surface area contributed by atoms with Gasteiger partial charge in [0.05, 0.1) is 18.8 Å². The zero-order valence-corrected chi connectivity index (χ0v) is 12.8. The van der Waals surface area contributed by atoms with Crippen LogP contribution in [0.3, 0.4) is 0 Å². The molecule has 1 aromatic rings. The minimum atomic E-state index is 0.373. The van der Waals surface area contributed by atoms with Gasteiger partial charge >= 0.3 is 0 Å². The smallest absolute Gasteiger partial charge is 0.0813 e. The first kappa shape index (κ1) is 15.0. The molecular formula is C15H25NO2S. The highest BCUT2D eigenvalue weighted by Crippen LogP contribution is 2.25. The van der Waals surface area contributed by atoms with Gasteiger partial charge in [0.1, 0.15) is 0 Å². The average Bonchev–Trinajstić information content (AvgIpc) is 2.91. The van der Waals surface area contributed by atoms with Crippen molar-refractivity contribution in [1.29, 1.82) is 0 Å². The molecule has 4 heteroatoms. The topological polar surface area (TPSA) is 30.5 Å². The summed E-state index contributed by atoms with van der Waals surface area (Å²) in [6.45, 7) is 4.87. The van der Waals surface area contributed by atoms with Crippen LogP contribution in [0.4, 0.5) is 0 Å². The normalized spacial score (nSPS) is 23.7. The van der Waals surface area contributed by atoms with Crippen molar-refractivity contribution in [1.82, 2.24) is 5.32 Å². The zero-order chi connectivity index (χ0) is 13.5. The van der Waals surface area contributed by atoms with Crippen molar-refractivity contribution < 1.29 is 9.47 Å². The molecule has 0 amide bonds. The van der Waals surface area contributed by atoms with E-state index in [-0.39, 0.29) is 0 Å². The SMILES string of the molecule is CCNCc1ccc(COC2CCCC(OC)C2)s1. The molecule has 1 heterocycles. The van der Waals surface area contributed by atoms with Gasteiger partial charge < -0.3 is 14.8 Å². The molecule has 108 valence electrons. The Morgan fingerprint density at radius 1 is 1.26 bits per heavy atom. The van der Waals surface area contributed by atoms with Gasteiger partial charge in [-0.25, -0.2) is 0 Å². The molecule has 1 N–H and O–H groups in total. The van der Waals surface area contributed by atoms with Crippen LogP contribution in [0.1, 0.15) is 42.4 Å². The zero-order valence-electron chi connectivity index (χ0n) is 12.0. The third-order valence-corrected chi connectivity index (χ3v) is 4.70. The van der Waals surface area contributed by atoms with Crippen LogP contribution in [0.25, 0.3) is 0 Å². The lowest BCUT2D eigenvalue weighted by Gasteiger charge is -2.28. The molecule has 1 fully saturated rings. The van der Waals surface area contributed by atoms with Crippen molar-refractivity contribution in [2.75, 3.05) is 13.7 Å². The molecule has 0 saturated heterocycles. The van der Waals surface area contributed by atoms with Crippen molar-refractivity contribution >= 4 is 11.3 Å². The summed E-state index contributed by atoms with van der Waals surface area (Å²) < 4.78 is 11.5. The van der Waals surface area contributed by atoms with E-state index in [0.29, 0.717) is 12.2 Å². The Labute approximate surface area is 120 Å². The number of hydrogen-bond donors (Lipinski definition) is 1. The van der Waals surface area contributed by atoms with Gasteiger partial charge in [-0.3, -0.25) is 0 Å². The van der Waals surface area contributed by atoms with Gasteiger partial charge in [-0.2, -0.15) is 0 Å². The first-order chi connectivity index (χ1) is 9.31. The molecule has 1 aliphatic carbocycles. The van der Waals surface area contributed by atoms with E-state index in [4.69, 9.17) is 9.47 Å². The summed E-state index contributed by atoms with van der Waals surface area (Å²) >= 11 is 1.85. The Bertz CT molecular complexity index is 367. The van der Waals surface area contributed by atoms with E-state index in [0.717, 1.165) is 26.1 Å². The van der Waals surface area contributed by atoms with Gasteiger partial charge in [-0.1, -0.05) is 6.92 Å². The van der Waals surface area contributed by atoms with Gasteiger partial charge in [-0.15, -0.1) is 11.3 Å². The lowest BCUT2D eigenvalue weighted by atomic mass is 9.95. The van der Waals surface area contributed by atoms with Crippen molar-refractivity contribution in [3.8, 4) is 0 Å². The Hall–Kier alpha value is -0.420. The van der Waals surface area contributed by atoms with E-state index < -0.39 is 0 Å². The number of methoxy groups -OCH3 is 1. The predicted octanol–water partition coefficient (Wildman–Crippen LogP) is 3.33. The molecule has 0 spiro atoms. The van der Waals surface area contributed by atoms with E-state index in [1.54, 1.807) is 7.11 Å². The van der Waals surface area contributed by atoms with Crippen LogP contribution in [0.2, 0.25) is 0 Å². The molecule has 2 unspecified atom stereocenters. The third kappa shape index (κ3) is 4.88. The van der Waals surface area contributed by atoms with Crippen LogP contribution < -0.4 is 5.32 Å². The number of ether oxygens (including phenoxy) is 2. The summed E-state index contributed by atoms with van der Waals surface area (Å²) in [4.78, 5) is 2.71. The molecule has 0 aromatic carbocycles. The summed E-state index contributed by atoms with van der Waals surface area (Å²) in [5, 5.41) is 3.35. The molecule has 2 atom stereocenters. The van der Waals surface area contributed by atoms with E-state index in [1.807, 2.05) is 11.3 Å². The Balaban J connectivity index is 1.73. The summed E-state index contributed by atoms with van der Waals surface area (Å²) in [6, 6.07) is 4.39. The predicted molar refractivity (Wildman–Crippen MR) is 79.5 cm³/mol. The van der Waals surface area contributed by atoms with Gasteiger partial charge in [0.2, 0.25) is 0 Å². The molecule has 1 saturated carbocycles. The van der Waals surface area contributed by atoms with Crippen molar-refractivity contribution in [3.05, 3.63) is 21.9 Å². The second kappa shape index (κ2) is 8.00. The van der Waals surface area contributed by atoms with Crippen LogP contribution in [-0.4, -0.2) is 25.9 Å². The maximum Gasteiger partial charge on any atom is 0.0813 e. The fourth-order valence-electron chi connectivity index (χ4n) is 2.51. The minimum absolute atomic E-state index is 0.373. The quantitative estimate of drug-likeness (QED) is 0.832. The standard InChI is InChI=1S/C15H25NO2S/c1-3-16-10-14-7-8-15(19-14)11-18-13-6-4-5-12(9-13)17-2/h7-8,12-13,16H,3-6,9-11H2,1-2H3. The lowest BCUT2D eigenvalue weighted by Crippen LogP contribution is -2.27. The number of rotatable bonds is 7. The van der Waals surface area contributed by atoms with Crippen LogP contribution in [0, 0.1) is 0 Å². The van der Waals surface area contributed by atoms with Crippen molar-refractivity contribution in [3.63, 3.8) is 0 Å². The summed E-state index contributed by atoms with van der Waals surface area (Å²) in [6.07, 6.45) is 5.40. The van der Waals surface area contributed by atoms with E-state index in [2.05, 4.69) is 24.4 Å². The first-order valence-corrected chi connectivity index (χ1v) is 8.06. The van der Waals surface area contributed by atoms with Crippen molar-refractivity contribution in [2.24, 2.45) is 0 Å². The first-order valence-electron chi connectivity index (χ1n) is 7.24. The molecule has 19 heavy (non-hydrogen) atoms.